The van der Waals surface area contributed by atoms with Crippen molar-refractivity contribution >= 4 is 16.7 Å². The second-order valence-electron chi connectivity index (χ2n) is 7.64. The van der Waals surface area contributed by atoms with E-state index >= 15 is 0 Å². The van der Waals surface area contributed by atoms with Crippen molar-refractivity contribution in [1.29, 1.82) is 0 Å². The lowest BCUT2D eigenvalue weighted by Gasteiger charge is -2.22. The number of halogens is 1. The van der Waals surface area contributed by atoms with Crippen LogP contribution < -0.4 is 10.1 Å². The number of ether oxygens (including phenoxy) is 1. The summed E-state index contributed by atoms with van der Waals surface area (Å²) in [5.41, 5.74) is 4.39. The molecule has 1 unspecified atom stereocenters. The van der Waals surface area contributed by atoms with Gasteiger partial charge in [-0.25, -0.2) is 14.4 Å². The monoisotopic (exact) mass is 405 g/mol. The number of aromatic amines is 1. The summed E-state index contributed by atoms with van der Waals surface area (Å²) in [5, 5.41) is 11.9. The summed E-state index contributed by atoms with van der Waals surface area (Å²) in [6.45, 7) is 6.25. The number of nitrogens with one attached hydrogen (secondary N) is 2. The van der Waals surface area contributed by atoms with Gasteiger partial charge in [0.05, 0.1) is 29.7 Å². The molecule has 4 rings (SSSR count). The van der Waals surface area contributed by atoms with E-state index in [0.717, 1.165) is 33.4 Å². The zero-order valence-electron chi connectivity index (χ0n) is 17.4. The molecule has 2 N–H and O–H groups in total. The molecular formula is C23H24FN5O. The Morgan fingerprint density at radius 1 is 1.07 bits per heavy atom. The van der Waals surface area contributed by atoms with Gasteiger partial charge in [-0.2, -0.15) is 5.10 Å². The van der Waals surface area contributed by atoms with Gasteiger partial charge in [-0.3, -0.25) is 5.10 Å². The van der Waals surface area contributed by atoms with Crippen molar-refractivity contribution in [3.63, 3.8) is 0 Å². The minimum Gasteiger partial charge on any atom is -0.497 e. The largest absolute Gasteiger partial charge is 0.497 e. The Bertz CT molecular complexity index is 1170. The van der Waals surface area contributed by atoms with E-state index in [0.29, 0.717) is 11.6 Å². The van der Waals surface area contributed by atoms with Crippen LogP contribution in [-0.4, -0.2) is 27.3 Å². The summed E-state index contributed by atoms with van der Waals surface area (Å²) < 4.78 is 19.0. The fraction of sp³-hybridized carbons (Fsp3) is 0.261. The number of methoxy groups -OCH3 is 1. The summed E-state index contributed by atoms with van der Waals surface area (Å²) in [4.78, 5) is 9.00. The molecule has 7 heteroatoms. The van der Waals surface area contributed by atoms with Crippen molar-refractivity contribution in [1.82, 2.24) is 20.2 Å². The van der Waals surface area contributed by atoms with Crippen molar-refractivity contribution in [3.05, 3.63) is 66.0 Å². The van der Waals surface area contributed by atoms with Crippen LogP contribution in [0.5, 0.6) is 5.75 Å². The zero-order chi connectivity index (χ0) is 21.3. The van der Waals surface area contributed by atoms with E-state index in [1.807, 2.05) is 25.1 Å². The first-order valence-electron chi connectivity index (χ1n) is 9.83. The molecule has 0 aliphatic heterocycles. The second kappa shape index (κ2) is 8.10. The molecule has 2 heterocycles. The molecule has 0 aliphatic rings. The first-order valence-corrected chi connectivity index (χ1v) is 9.83. The maximum absolute atomic E-state index is 13.5. The Morgan fingerprint density at radius 3 is 2.47 bits per heavy atom. The summed E-state index contributed by atoms with van der Waals surface area (Å²) >= 11 is 0. The highest BCUT2D eigenvalue weighted by Crippen LogP contribution is 2.37. The molecular weight excluding hydrogens is 381 g/mol. The number of aryl methyl sites for hydroxylation is 1. The van der Waals surface area contributed by atoms with E-state index in [4.69, 9.17) is 4.74 Å². The highest BCUT2D eigenvalue weighted by atomic mass is 19.1. The highest BCUT2D eigenvalue weighted by Gasteiger charge is 2.22. The van der Waals surface area contributed by atoms with Crippen LogP contribution in [-0.2, 0) is 0 Å². The summed E-state index contributed by atoms with van der Waals surface area (Å²) in [6, 6.07) is 12.2. The number of nitrogens with zero attached hydrogens (tertiary/aromatic N) is 3. The number of hydrogen-bond acceptors (Lipinski definition) is 5. The molecule has 2 aromatic carbocycles. The Labute approximate surface area is 174 Å². The number of anilines is 1. The van der Waals surface area contributed by atoms with Crippen molar-refractivity contribution in [3.8, 4) is 16.9 Å². The smallest absolute Gasteiger partial charge is 0.138 e. The number of H-pyrrole nitrogens is 1. The van der Waals surface area contributed by atoms with Crippen molar-refractivity contribution in [2.24, 2.45) is 5.92 Å². The van der Waals surface area contributed by atoms with E-state index in [9.17, 15) is 4.39 Å². The van der Waals surface area contributed by atoms with Crippen LogP contribution in [0.25, 0.3) is 22.0 Å². The topological polar surface area (TPSA) is 75.7 Å². The standard InChI is InChI=1S/C23H24FN5O/c1-13(2)22(20-9-14(3)28-29-20)27-23-21-18(15-5-7-16(24)8-6-15)10-17(30-4)11-19(21)25-12-26-23/h5-13,22H,1-4H3,(H,28,29)(H,25,26,27). The zero-order valence-corrected chi connectivity index (χ0v) is 17.4. The van der Waals surface area contributed by atoms with Crippen LogP contribution in [0, 0.1) is 18.7 Å². The maximum Gasteiger partial charge on any atom is 0.138 e. The highest BCUT2D eigenvalue weighted by molar-refractivity contribution is 6.02. The van der Waals surface area contributed by atoms with E-state index in [1.165, 1.54) is 18.5 Å². The summed E-state index contributed by atoms with van der Waals surface area (Å²) in [5.74, 6) is 1.36. The van der Waals surface area contributed by atoms with Crippen LogP contribution in [0.15, 0.2) is 48.8 Å². The van der Waals surface area contributed by atoms with Gasteiger partial charge >= 0.3 is 0 Å². The molecule has 0 saturated heterocycles. The van der Waals surface area contributed by atoms with Crippen LogP contribution in [0.2, 0.25) is 0 Å². The molecule has 0 saturated carbocycles. The second-order valence-corrected chi connectivity index (χ2v) is 7.64. The summed E-state index contributed by atoms with van der Waals surface area (Å²) in [6.07, 6.45) is 1.53. The van der Waals surface area contributed by atoms with Crippen molar-refractivity contribution < 1.29 is 9.13 Å². The van der Waals surface area contributed by atoms with E-state index in [1.54, 1.807) is 19.2 Å². The lowest BCUT2D eigenvalue weighted by Crippen LogP contribution is -2.18. The van der Waals surface area contributed by atoms with Gasteiger partial charge in [0.15, 0.2) is 0 Å². The number of rotatable bonds is 6. The first-order chi connectivity index (χ1) is 14.5. The normalized spacial score (nSPS) is 12.3. The first kappa shape index (κ1) is 19.8. The van der Waals surface area contributed by atoms with Gasteiger partial charge in [0.1, 0.15) is 23.7 Å². The molecule has 0 radical (unpaired) electrons. The minimum absolute atomic E-state index is 0.0452. The number of benzene rings is 2. The van der Waals surface area contributed by atoms with Gasteiger partial charge in [-0.05, 0) is 48.2 Å². The number of aromatic nitrogens is 4. The molecule has 154 valence electrons. The Kier molecular flexibility index (Phi) is 5.35. The Morgan fingerprint density at radius 2 is 1.83 bits per heavy atom. The molecule has 0 fully saturated rings. The lowest BCUT2D eigenvalue weighted by atomic mass is 9.98. The summed E-state index contributed by atoms with van der Waals surface area (Å²) in [7, 11) is 1.62. The van der Waals surface area contributed by atoms with Crippen molar-refractivity contribution in [2.75, 3.05) is 12.4 Å². The van der Waals surface area contributed by atoms with Gasteiger partial charge in [-0.1, -0.05) is 26.0 Å². The fourth-order valence-corrected chi connectivity index (χ4v) is 3.58. The van der Waals surface area contributed by atoms with E-state index in [-0.39, 0.29) is 17.8 Å². The molecule has 0 amide bonds. The number of hydrogen-bond donors (Lipinski definition) is 2. The SMILES string of the molecule is COc1cc(-c2ccc(F)cc2)c2c(NC(c3cc(C)[nH]n3)C(C)C)ncnc2c1. The quantitative estimate of drug-likeness (QED) is 0.456. The van der Waals surface area contributed by atoms with Gasteiger partial charge in [-0.15, -0.1) is 0 Å². The maximum atomic E-state index is 13.5. The van der Waals surface area contributed by atoms with Gasteiger partial charge in [0.2, 0.25) is 0 Å². The average molecular weight is 405 g/mol. The Hall–Kier alpha value is -3.48. The fourth-order valence-electron chi connectivity index (χ4n) is 3.58. The Balaban J connectivity index is 1.88. The van der Waals surface area contributed by atoms with E-state index in [2.05, 4.69) is 39.3 Å². The third-order valence-corrected chi connectivity index (χ3v) is 5.11. The lowest BCUT2D eigenvalue weighted by molar-refractivity contribution is 0.415. The third-order valence-electron chi connectivity index (χ3n) is 5.11. The van der Waals surface area contributed by atoms with Crippen LogP contribution in [0.4, 0.5) is 10.2 Å². The molecule has 0 spiro atoms. The molecule has 30 heavy (non-hydrogen) atoms. The molecule has 1 atom stereocenters. The van der Waals surface area contributed by atoms with Crippen LogP contribution in [0.3, 0.4) is 0 Å². The van der Waals surface area contributed by atoms with Gasteiger partial charge < -0.3 is 10.1 Å². The predicted octanol–water partition coefficient (Wildman–Crippen LogP) is 5.29. The minimum atomic E-state index is -0.283. The van der Waals surface area contributed by atoms with Gasteiger partial charge in [0, 0.05) is 11.8 Å². The van der Waals surface area contributed by atoms with Gasteiger partial charge in [0.25, 0.3) is 0 Å². The predicted molar refractivity (Wildman–Crippen MR) is 116 cm³/mol. The van der Waals surface area contributed by atoms with Crippen LogP contribution in [0.1, 0.15) is 31.3 Å². The molecule has 6 nitrogen and oxygen atoms in total. The molecule has 2 aromatic heterocycles. The van der Waals surface area contributed by atoms with Crippen molar-refractivity contribution in [2.45, 2.75) is 26.8 Å². The average Bonchev–Trinajstić information content (AvgIpc) is 3.17. The molecule has 0 bridgehead atoms. The molecule has 4 aromatic rings. The van der Waals surface area contributed by atoms with E-state index < -0.39 is 0 Å². The van der Waals surface area contributed by atoms with Crippen LogP contribution >= 0.6 is 0 Å². The third kappa shape index (κ3) is 3.83. The molecule has 0 aliphatic carbocycles. The number of fused-ring (bicyclic) bond motifs is 1.